The van der Waals surface area contributed by atoms with Crippen molar-refractivity contribution in [1.29, 1.82) is 0 Å². The third-order valence-corrected chi connectivity index (χ3v) is 3.33. The second-order valence-electron chi connectivity index (χ2n) is 4.63. The van der Waals surface area contributed by atoms with E-state index in [0.29, 0.717) is 12.2 Å². The quantitative estimate of drug-likeness (QED) is 0.369. The summed E-state index contributed by atoms with van der Waals surface area (Å²) in [6, 6.07) is 5.34. The molecular formula is C14H20N2O4. The lowest BCUT2D eigenvalue weighted by Gasteiger charge is -2.23. The topological polar surface area (TPSA) is 86.3 Å². The van der Waals surface area contributed by atoms with Crippen molar-refractivity contribution in [2.45, 2.75) is 25.6 Å². The van der Waals surface area contributed by atoms with E-state index < -0.39 is 0 Å². The second-order valence-corrected chi connectivity index (χ2v) is 4.63. The molecule has 0 saturated carbocycles. The normalized spacial score (nSPS) is 17.1. The van der Waals surface area contributed by atoms with Crippen LogP contribution in [0.25, 0.3) is 0 Å². The highest BCUT2D eigenvalue weighted by atomic mass is 16.5. The highest BCUT2D eigenvalue weighted by Crippen LogP contribution is 2.22. The van der Waals surface area contributed by atoms with Gasteiger partial charge in [-0.3, -0.25) is 0 Å². The first-order valence-electron chi connectivity index (χ1n) is 6.58. The first-order valence-corrected chi connectivity index (χ1v) is 6.58. The molecule has 1 aromatic carbocycles. The Bertz CT molecular complexity index is 470. The van der Waals surface area contributed by atoms with Gasteiger partial charge in [-0.15, -0.1) is 0 Å². The van der Waals surface area contributed by atoms with Crippen molar-refractivity contribution in [3.05, 3.63) is 29.3 Å². The molecule has 1 aromatic rings. The Kier molecular flexibility index (Phi) is 5.20. The van der Waals surface area contributed by atoms with E-state index in [9.17, 15) is 0 Å². The summed E-state index contributed by atoms with van der Waals surface area (Å²) in [5.41, 5.74) is 7.11. The van der Waals surface area contributed by atoms with Crippen LogP contribution in [0.2, 0.25) is 0 Å². The highest BCUT2D eigenvalue weighted by Gasteiger charge is 2.15. The number of rotatable bonds is 5. The molecular weight excluding hydrogens is 260 g/mol. The van der Waals surface area contributed by atoms with Gasteiger partial charge in [-0.2, -0.15) is 0 Å². The lowest BCUT2D eigenvalue weighted by molar-refractivity contribution is -0.0394. The Balaban J connectivity index is 2.07. The first kappa shape index (κ1) is 14.6. The smallest absolute Gasteiger partial charge is 0.170 e. The van der Waals surface area contributed by atoms with E-state index in [0.717, 1.165) is 37.4 Å². The summed E-state index contributed by atoms with van der Waals surface area (Å²) < 4.78 is 16.5. The molecule has 1 aliphatic rings. The van der Waals surface area contributed by atoms with Gasteiger partial charge < -0.3 is 25.2 Å². The van der Waals surface area contributed by atoms with E-state index in [2.05, 4.69) is 5.16 Å². The molecule has 1 aliphatic heterocycles. The Morgan fingerprint density at radius 1 is 1.45 bits per heavy atom. The average Bonchev–Trinajstić information content (AvgIpc) is 2.52. The lowest BCUT2D eigenvalue weighted by atomic mass is 10.1. The van der Waals surface area contributed by atoms with Gasteiger partial charge in [0.1, 0.15) is 5.75 Å². The predicted octanol–water partition coefficient (Wildman–Crippen LogP) is 1.49. The molecule has 3 N–H and O–H groups in total. The maximum Gasteiger partial charge on any atom is 0.170 e. The molecule has 110 valence electrons. The van der Waals surface area contributed by atoms with E-state index in [1.807, 2.05) is 6.07 Å². The molecule has 0 unspecified atom stereocenters. The van der Waals surface area contributed by atoms with E-state index in [-0.39, 0.29) is 11.9 Å². The maximum absolute atomic E-state index is 8.73. The van der Waals surface area contributed by atoms with Gasteiger partial charge in [0.2, 0.25) is 0 Å². The third-order valence-electron chi connectivity index (χ3n) is 3.33. The zero-order valence-corrected chi connectivity index (χ0v) is 11.5. The van der Waals surface area contributed by atoms with Crippen LogP contribution in [-0.4, -0.2) is 37.5 Å². The summed E-state index contributed by atoms with van der Waals surface area (Å²) in [6.07, 6.45) is 2.02. The minimum absolute atomic E-state index is 0.0694. The Labute approximate surface area is 118 Å². The number of ether oxygens (including phenoxy) is 3. The van der Waals surface area contributed by atoms with Gasteiger partial charge in [0.05, 0.1) is 19.8 Å². The number of oxime groups is 1. The van der Waals surface area contributed by atoms with Gasteiger partial charge in [0, 0.05) is 24.3 Å². The van der Waals surface area contributed by atoms with E-state index >= 15 is 0 Å². The van der Waals surface area contributed by atoms with Crippen molar-refractivity contribution < 1.29 is 19.4 Å². The van der Waals surface area contributed by atoms with Crippen molar-refractivity contribution in [2.75, 3.05) is 20.3 Å². The monoisotopic (exact) mass is 280 g/mol. The average molecular weight is 280 g/mol. The van der Waals surface area contributed by atoms with E-state index in [1.165, 1.54) is 0 Å². The fourth-order valence-electron chi connectivity index (χ4n) is 2.16. The van der Waals surface area contributed by atoms with Gasteiger partial charge in [0.15, 0.2) is 5.84 Å². The predicted molar refractivity (Wildman–Crippen MR) is 74.1 cm³/mol. The fraction of sp³-hybridized carbons (Fsp3) is 0.500. The van der Waals surface area contributed by atoms with Crippen LogP contribution in [0, 0.1) is 0 Å². The van der Waals surface area contributed by atoms with E-state index in [1.54, 1.807) is 19.2 Å². The molecule has 0 amide bonds. The molecule has 20 heavy (non-hydrogen) atoms. The molecule has 0 spiro atoms. The second kappa shape index (κ2) is 7.12. The highest BCUT2D eigenvalue weighted by molar-refractivity contribution is 5.97. The molecule has 0 aromatic heterocycles. The van der Waals surface area contributed by atoms with Crippen molar-refractivity contribution in [2.24, 2.45) is 10.9 Å². The summed E-state index contributed by atoms with van der Waals surface area (Å²) in [4.78, 5) is 0. The lowest BCUT2D eigenvalue weighted by Crippen LogP contribution is -2.23. The van der Waals surface area contributed by atoms with Crippen LogP contribution in [0.15, 0.2) is 23.4 Å². The molecule has 1 heterocycles. The number of methoxy groups -OCH3 is 1. The number of nitrogens with two attached hydrogens (primary N) is 1. The van der Waals surface area contributed by atoms with Crippen LogP contribution in [0.4, 0.5) is 0 Å². The first-order chi connectivity index (χ1) is 9.74. The summed E-state index contributed by atoms with van der Waals surface area (Å²) in [5.74, 6) is 0.798. The molecule has 0 bridgehead atoms. The molecule has 0 atom stereocenters. The van der Waals surface area contributed by atoms with Crippen LogP contribution in [-0.2, 0) is 16.1 Å². The van der Waals surface area contributed by atoms with Crippen LogP contribution >= 0.6 is 0 Å². The minimum atomic E-state index is 0.0694. The zero-order chi connectivity index (χ0) is 14.4. The molecule has 6 heteroatoms. The van der Waals surface area contributed by atoms with Crippen LogP contribution in [0.3, 0.4) is 0 Å². The standard InChI is InChI=1S/C14H20N2O4/c1-18-13-3-2-10(14(15)16-17)8-11(13)9-20-12-4-6-19-7-5-12/h2-3,8,12,17H,4-7,9H2,1H3,(H2,15,16). The van der Waals surface area contributed by atoms with Gasteiger partial charge >= 0.3 is 0 Å². The summed E-state index contributed by atoms with van der Waals surface area (Å²) in [7, 11) is 1.61. The Hall–Kier alpha value is -1.79. The van der Waals surface area contributed by atoms with Crippen molar-refractivity contribution in [3.63, 3.8) is 0 Å². The molecule has 1 saturated heterocycles. The number of hydrogen-bond donors (Lipinski definition) is 2. The summed E-state index contributed by atoms with van der Waals surface area (Å²) in [5, 5.41) is 11.7. The van der Waals surface area contributed by atoms with Gasteiger partial charge in [-0.25, -0.2) is 0 Å². The van der Waals surface area contributed by atoms with Crippen molar-refractivity contribution in [3.8, 4) is 5.75 Å². The summed E-state index contributed by atoms with van der Waals surface area (Å²) >= 11 is 0. The number of amidine groups is 1. The van der Waals surface area contributed by atoms with Gasteiger partial charge in [-0.05, 0) is 31.0 Å². The fourth-order valence-corrected chi connectivity index (χ4v) is 2.16. The minimum Gasteiger partial charge on any atom is -0.496 e. The number of benzene rings is 1. The molecule has 0 radical (unpaired) electrons. The van der Waals surface area contributed by atoms with Crippen molar-refractivity contribution >= 4 is 5.84 Å². The Morgan fingerprint density at radius 3 is 2.85 bits per heavy atom. The van der Waals surface area contributed by atoms with Crippen LogP contribution in [0.5, 0.6) is 5.75 Å². The van der Waals surface area contributed by atoms with Crippen LogP contribution in [0.1, 0.15) is 24.0 Å². The maximum atomic E-state index is 8.73. The summed E-state index contributed by atoms with van der Waals surface area (Å²) in [6.45, 7) is 1.91. The number of nitrogens with zero attached hydrogens (tertiary/aromatic N) is 1. The van der Waals surface area contributed by atoms with Crippen LogP contribution < -0.4 is 10.5 Å². The van der Waals surface area contributed by atoms with Crippen molar-refractivity contribution in [1.82, 2.24) is 0 Å². The van der Waals surface area contributed by atoms with Gasteiger partial charge in [0.25, 0.3) is 0 Å². The largest absolute Gasteiger partial charge is 0.496 e. The zero-order valence-electron chi connectivity index (χ0n) is 11.5. The molecule has 6 nitrogen and oxygen atoms in total. The molecule has 0 aliphatic carbocycles. The van der Waals surface area contributed by atoms with Gasteiger partial charge in [-0.1, -0.05) is 5.16 Å². The number of hydrogen-bond acceptors (Lipinski definition) is 5. The van der Waals surface area contributed by atoms with E-state index in [4.69, 9.17) is 25.2 Å². The third kappa shape index (κ3) is 3.61. The molecule has 1 fully saturated rings. The SMILES string of the molecule is COc1ccc(/C(N)=N/O)cc1COC1CCOCC1. The molecule has 2 rings (SSSR count). The Morgan fingerprint density at radius 2 is 2.20 bits per heavy atom.